The molecule has 1 aromatic heterocycles. The fourth-order valence-corrected chi connectivity index (χ4v) is 2.05. The molecule has 17 heavy (non-hydrogen) atoms. The fraction of sp³-hybridized carbons (Fsp3) is 0.545. The molecule has 1 unspecified atom stereocenters. The van der Waals surface area contributed by atoms with Crippen LogP contribution in [0, 0.1) is 17.0 Å². The highest BCUT2D eigenvalue weighted by molar-refractivity contribution is 5.49. The molecule has 2 heterocycles. The molecule has 0 radical (unpaired) electrons. The molecule has 1 saturated heterocycles. The summed E-state index contributed by atoms with van der Waals surface area (Å²) in [6, 6.07) is 1.84. The molecule has 0 aliphatic carbocycles. The maximum absolute atomic E-state index is 10.8. The zero-order valence-electron chi connectivity index (χ0n) is 10.0. The topological polar surface area (TPSA) is 71.3 Å². The van der Waals surface area contributed by atoms with Crippen molar-refractivity contribution in [1.82, 2.24) is 9.88 Å². The van der Waals surface area contributed by atoms with Crippen LogP contribution in [0.1, 0.15) is 12.0 Å². The molecule has 0 aromatic carbocycles. The lowest BCUT2D eigenvalue weighted by molar-refractivity contribution is -0.385. The number of nitro groups is 1. The molecule has 1 fully saturated rings. The SMILES string of the molecule is Cc1cnc(NC2CCN(C)C2)cc1[N+](=O)[O-]. The van der Waals surface area contributed by atoms with Crippen molar-refractivity contribution in [1.29, 1.82) is 0 Å². The maximum Gasteiger partial charge on any atom is 0.277 e. The number of pyridine rings is 1. The van der Waals surface area contributed by atoms with Gasteiger partial charge in [-0.3, -0.25) is 10.1 Å². The van der Waals surface area contributed by atoms with Crippen molar-refractivity contribution in [2.45, 2.75) is 19.4 Å². The van der Waals surface area contributed by atoms with E-state index in [2.05, 4.69) is 22.2 Å². The lowest BCUT2D eigenvalue weighted by Crippen LogP contribution is -2.24. The molecule has 1 aliphatic heterocycles. The van der Waals surface area contributed by atoms with Gasteiger partial charge in [0.15, 0.2) is 0 Å². The van der Waals surface area contributed by atoms with Gasteiger partial charge in [-0.05, 0) is 26.9 Å². The Balaban J connectivity index is 2.11. The first-order valence-electron chi connectivity index (χ1n) is 5.62. The van der Waals surface area contributed by atoms with E-state index >= 15 is 0 Å². The third-order valence-electron chi connectivity index (χ3n) is 3.01. The highest BCUT2D eigenvalue weighted by Crippen LogP contribution is 2.21. The average Bonchev–Trinajstić information content (AvgIpc) is 2.66. The number of aromatic nitrogens is 1. The standard InChI is InChI=1S/C11H16N4O2/c1-8-6-12-11(5-10(8)15(16)17)13-9-3-4-14(2)7-9/h5-6,9H,3-4,7H2,1-2H3,(H,12,13). The Bertz CT molecular complexity index is 435. The zero-order valence-corrected chi connectivity index (χ0v) is 10.0. The van der Waals surface area contributed by atoms with Gasteiger partial charge in [-0.25, -0.2) is 4.98 Å². The van der Waals surface area contributed by atoms with Crippen LogP contribution >= 0.6 is 0 Å². The summed E-state index contributed by atoms with van der Waals surface area (Å²) in [6.07, 6.45) is 2.58. The Labute approximate surface area is 99.8 Å². The number of anilines is 1. The van der Waals surface area contributed by atoms with Gasteiger partial charge in [0.1, 0.15) is 5.82 Å². The van der Waals surface area contributed by atoms with Crippen LogP contribution in [0.5, 0.6) is 0 Å². The van der Waals surface area contributed by atoms with Gasteiger partial charge in [-0.1, -0.05) is 0 Å². The van der Waals surface area contributed by atoms with E-state index in [1.165, 1.54) is 6.07 Å². The summed E-state index contributed by atoms with van der Waals surface area (Å²) in [5, 5.41) is 14.0. The molecule has 1 atom stereocenters. The molecule has 0 saturated carbocycles. The lowest BCUT2D eigenvalue weighted by atomic mass is 10.2. The van der Waals surface area contributed by atoms with Gasteiger partial charge in [-0.15, -0.1) is 0 Å². The molecule has 1 N–H and O–H groups in total. The van der Waals surface area contributed by atoms with Crippen LogP contribution in [0.25, 0.3) is 0 Å². The number of nitrogens with one attached hydrogen (secondary N) is 1. The smallest absolute Gasteiger partial charge is 0.277 e. The first-order valence-corrected chi connectivity index (χ1v) is 5.62. The lowest BCUT2D eigenvalue weighted by Gasteiger charge is -2.13. The Morgan fingerprint density at radius 3 is 3.00 bits per heavy atom. The van der Waals surface area contributed by atoms with E-state index in [4.69, 9.17) is 0 Å². The molecule has 1 aliphatic rings. The van der Waals surface area contributed by atoms with E-state index in [-0.39, 0.29) is 10.6 Å². The molecular formula is C11H16N4O2. The summed E-state index contributed by atoms with van der Waals surface area (Å²) < 4.78 is 0. The summed E-state index contributed by atoms with van der Waals surface area (Å²) in [7, 11) is 2.06. The van der Waals surface area contributed by atoms with Crippen molar-refractivity contribution < 1.29 is 4.92 Å². The van der Waals surface area contributed by atoms with Crippen molar-refractivity contribution >= 4 is 11.5 Å². The first-order chi connectivity index (χ1) is 8.06. The second kappa shape index (κ2) is 4.67. The number of nitrogens with zero attached hydrogens (tertiary/aromatic N) is 3. The van der Waals surface area contributed by atoms with E-state index in [9.17, 15) is 10.1 Å². The zero-order chi connectivity index (χ0) is 12.4. The van der Waals surface area contributed by atoms with Crippen LogP contribution in [-0.2, 0) is 0 Å². The third-order valence-corrected chi connectivity index (χ3v) is 3.01. The summed E-state index contributed by atoms with van der Waals surface area (Å²) in [5.74, 6) is 0.586. The van der Waals surface area contributed by atoms with Crippen LogP contribution in [0.15, 0.2) is 12.3 Å². The number of likely N-dealkylation sites (tertiary alicyclic amines) is 1. The van der Waals surface area contributed by atoms with Crippen LogP contribution in [-0.4, -0.2) is 41.0 Å². The Hall–Kier alpha value is -1.69. The minimum Gasteiger partial charge on any atom is -0.366 e. The Morgan fingerprint density at radius 1 is 1.65 bits per heavy atom. The van der Waals surface area contributed by atoms with Crippen LogP contribution in [0.4, 0.5) is 11.5 Å². The molecule has 0 amide bonds. The molecule has 2 rings (SSSR count). The van der Waals surface area contributed by atoms with Gasteiger partial charge in [0.2, 0.25) is 0 Å². The number of hydrogen-bond donors (Lipinski definition) is 1. The van der Waals surface area contributed by atoms with E-state index in [0.717, 1.165) is 19.5 Å². The van der Waals surface area contributed by atoms with Crippen molar-refractivity contribution in [3.8, 4) is 0 Å². The number of rotatable bonds is 3. The average molecular weight is 236 g/mol. The second-order valence-electron chi connectivity index (χ2n) is 4.51. The molecule has 1 aromatic rings. The Morgan fingerprint density at radius 2 is 2.41 bits per heavy atom. The van der Waals surface area contributed by atoms with Crippen LogP contribution in [0.2, 0.25) is 0 Å². The van der Waals surface area contributed by atoms with Crippen molar-refractivity contribution in [2.75, 3.05) is 25.5 Å². The number of aryl methyl sites for hydroxylation is 1. The van der Waals surface area contributed by atoms with E-state index in [1.54, 1.807) is 13.1 Å². The minimum absolute atomic E-state index is 0.119. The maximum atomic E-state index is 10.8. The molecule has 6 nitrogen and oxygen atoms in total. The van der Waals surface area contributed by atoms with Gasteiger partial charge in [0.25, 0.3) is 5.69 Å². The molecule has 0 spiro atoms. The van der Waals surface area contributed by atoms with E-state index in [0.29, 0.717) is 17.4 Å². The molecule has 92 valence electrons. The van der Waals surface area contributed by atoms with Crippen molar-refractivity contribution in [2.24, 2.45) is 0 Å². The van der Waals surface area contributed by atoms with E-state index < -0.39 is 0 Å². The molecule has 6 heteroatoms. The molecule has 0 bridgehead atoms. The highest BCUT2D eigenvalue weighted by Gasteiger charge is 2.20. The van der Waals surface area contributed by atoms with Crippen LogP contribution < -0.4 is 5.32 Å². The minimum atomic E-state index is -0.372. The fourth-order valence-electron chi connectivity index (χ4n) is 2.05. The van der Waals surface area contributed by atoms with Gasteiger partial charge in [-0.2, -0.15) is 0 Å². The van der Waals surface area contributed by atoms with E-state index in [1.807, 2.05) is 0 Å². The third kappa shape index (κ3) is 2.71. The molecular weight excluding hydrogens is 220 g/mol. The predicted molar refractivity (Wildman–Crippen MR) is 65.2 cm³/mol. The van der Waals surface area contributed by atoms with Gasteiger partial charge in [0, 0.05) is 24.3 Å². The van der Waals surface area contributed by atoms with Gasteiger partial charge >= 0.3 is 0 Å². The monoisotopic (exact) mass is 236 g/mol. The summed E-state index contributed by atoms with van der Waals surface area (Å²) in [6.45, 7) is 3.69. The number of hydrogen-bond acceptors (Lipinski definition) is 5. The van der Waals surface area contributed by atoms with Crippen LogP contribution in [0.3, 0.4) is 0 Å². The summed E-state index contributed by atoms with van der Waals surface area (Å²) >= 11 is 0. The summed E-state index contributed by atoms with van der Waals surface area (Å²) in [5.41, 5.74) is 0.706. The largest absolute Gasteiger partial charge is 0.366 e. The predicted octanol–water partition coefficient (Wildman–Crippen LogP) is 1.41. The Kier molecular flexibility index (Phi) is 3.23. The quantitative estimate of drug-likeness (QED) is 0.634. The summed E-state index contributed by atoms with van der Waals surface area (Å²) in [4.78, 5) is 16.8. The first kappa shape index (κ1) is 11.8. The van der Waals surface area contributed by atoms with Crippen molar-refractivity contribution in [3.63, 3.8) is 0 Å². The van der Waals surface area contributed by atoms with Gasteiger partial charge in [0.05, 0.1) is 11.0 Å². The second-order valence-corrected chi connectivity index (χ2v) is 4.51. The normalized spacial score (nSPS) is 20.5. The van der Waals surface area contributed by atoms with Gasteiger partial charge < -0.3 is 10.2 Å². The number of likely N-dealkylation sites (N-methyl/N-ethyl adjacent to an activating group) is 1. The highest BCUT2D eigenvalue weighted by atomic mass is 16.6. The van der Waals surface area contributed by atoms with Crippen molar-refractivity contribution in [3.05, 3.63) is 27.9 Å².